The Kier molecular flexibility index (Phi) is 7.08. The fourth-order valence-electron chi connectivity index (χ4n) is 2.24. The van der Waals surface area contributed by atoms with E-state index in [2.05, 4.69) is 27.4 Å². The SMILES string of the molecule is C=CC(=O)Nc1cccc(NC(=O)C(N=Nc2cccc(C(N)=O)c2)C(C)=O)c1. The van der Waals surface area contributed by atoms with Crippen LogP contribution in [0.4, 0.5) is 17.1 Å². The number of Topliss-reactive ketones (excluding diaryl/α,β-unsaturated/α-hetero) is 1. The lowest BCUT2D eigenvalue weighted by atomic mass is 10.2. The smallest absolute Gasteiger partial charge is 0.258 e. The number of amides is 3. The first kappa shape index (κ1) is 21.2. The van der Waals surface area contributed by atoms with Gasteiger partial charge in [-0.15, -0.1) is 0 Å². The van der Waals surface area contributed by atoms with E-state index in [0.717, 1.165) is 6.08 Å². The van der Waals surface area contributed by atoms with E-state index < -0.39 is 29.5 Å². The molecule has 2 rings (SSSR count). The molecule has 0 heterocycles. The number of anilines is 2. The van der Waals surface area contributed by atoms with Crippen LogP contribution in [0.3, 0.4) is 0 Å². The first-order valence-corrected chi connectivity index (χ1v) is 8.45. The minimum atomic E-state index is -1.39. The molecular weight excluding hydrogens is 374 g/mol. The topological polar surface area (TPSA) is 143 Å². The Morgan fingerprint density at radius 1 is 1.03 bits per heavy atom. The number of nitrogens with one attached hydrogen (secondary N) is 2. The first-order valence-electron chi connectivity index (χ1n) is 8.45. The van der Waals surface area contributed by atoms with E-state index in [1.54, 1.807) is 30.3 Å². The van der Waals surface area contributed by atoms with Gasteiger partial charge in [0.1, 0.15) is 0 Å². The van der Waals surface area contributed by atoms with Crippen LogP contribution in [0.25, 0.3) is 0 Å². The van der Waals surface area contributed by atoms with Gasteiger partial charge in [-0.2, -0.15) is 10.2 Å². The molecular formula is C20H19N5O4. The number of ketones is 1. The monoisotopic (exact) mass is 393 g/mol. The molecule has 3 amide bonds. The van der Waals surface area contributed by atoms with Crippen molar-refractivity contribution in [3.8, 4) is 0 Å². The lowest BCUT2D eigenvalue weighted by Crippen LogP contribution is -2.31. The normalized spacial score (nSPS) is 11.5. The Bertz CT molecular complexity index is 1000. The summed E-state index contributed by atoms with van der Waals surface area (Å²) in [7, 11) is 0. The van der Waals surface area contributed by atoms with Gasteiger partial charge in [-0.05, 0) is 49.4 Å². The van der Waals surface area contributed by atoms with E-state index in [0.29, 0.717) is 11.4 Å². The van der Waals surface area contributed by atoms with Crippen molar-refractivity contribution in [3.63, 3.8) is 0 Å². The third-order valence-corrected chi connectivity index (χ3v) is 3.64. The van der Waals surface area contributed by atoms with Gasteiger partial charge in [-0.3, -0.25) is 19.2 Å². The summed E-state index contributed by atoms with van der Waals surface area (Å²) in [5.74, 6) is -2.25. The molecule has 148 valence electrons. The van der Waals surface area contributed by atoms with Crippen LogP contribution in [-0.2, 0) is 14.4 Å². The first-order chi connectivity index (χ1) is 13.8. The standard InChI is InChI=1S/C20H19N5O4/c1-3-17(27)22-14-7-5-8-15(11-14)23-20(29)18(12(2)26)25-24-16-9-4-6-13(10-16)19(21)28/h3-11,18H,1H2,2H3,(H2,21,28)(H,22,27)(H,23,29). The van der Waals surface area contributed by atoms with Crippen LogP contribution in [0.5, 0.6) is 0 Å². The molecule has 0 radical (unpaired) electrons. The quantitative estimate of drug-likeness (QED) is 0.360. The number of carbonyl (C=O) groups excluding carboxylic acids is 4. The van der Waals surface area contributed by atoms with Crippen LogP contribution >= 0.6 is 0 Å². The van der Waals surface area contributed by atoms with Crippen molar-refractivity contribution in [2.75, 3.05) is 10.6 Å². The van der Waals surface area contributed by atoms with Crippen molar-refractivity contribution < 1.29 is 19.2 Å². The predicted molar refractivity (Wildman–Crippen MR) is 108 cm³/mol. The van der Waals surface area contributed by atoms with E-state index in [-0.39, 0.29) is 11.3 Å². The van der Waals surface area contributed by atoms with Crippen LogP contribution in [0, 0.1) is 0 Å². The highest BCUT2D eigenvalue weighted by Crippen LogP contribution is 2.18. The van der Waals surface area contributed by atoms with Gasteiger partial charge in [0, 0.05) is 16.9 Å². The zero-order chi connectivity index (χ0) is 21.4. The van der Waals surface area contributed by atoms with E-state index in [9.17, 15) is 19.2 Å². The fraction of sp³-hybridized carbons (Fsp3) is 0.100. The Morgan fingerprint density at radius 2 is 1.69 bits per heavy atom. The summed E-state index contributed by atoms with van der Waals surface area (Å²) in [4.78, 5) is 46.9. The maximum absolute atomic E-state index is 12.5. The number of benzene rings is 2. The summed E-state index contributed by atoms with van der Waals surface area (Å²) < 4.78 is 0. The van der Waals surface area contributed by atoms with Crippen molar-refractivity contribution in [2.45, 2.75) is 13.0 Å². The molecule has 2 aromatic carbocycles. The van der Waals surface area contributed by atoms with Gasteiger partial charge in [-0.25, -0.2) is 0 Å². The van der Waals surface area contributed by atoms with E-state index in [4.69, 9.17) is 5.73 Å². The minimum Gasteiger partial charge on any atom is -0.366 e. The molecule has 0 aromatic heterocycles. The molecule has 0 saturated carbocycles. The number of nitrogens with zero attached hydrogens (tertiary/aromatic N) is 2. The summed E-state index contributed by atoms with van der Waals surface area (Å²) in [5.41, 5.74) is 6.51. The Hall–Kier alpha value is -4.14. The van der Waals surface area contributed by atoms with E-state index in [1.807, 2.05) is 0 Å². The molecule has 9 nitrogen and oxygen atoms in total. The molecule has 0 aliphatic heterocycles. The molecule has 0 aliphatic rings. The highest BCUT2D eigenvalue weighted by Gasteiger charge is 2.23. The van der Waals surface area contributed by atoms with Crippen LogP contribution < -0.4 is 16.4 Å². The van der Waals surface area contributed by atoms with Gasteiger partial charge in [0.25, 0.3) is 5.91 Å². The van der Waals surface area contributed by atoms with Gasteiger partial charge < -0.3 is 16.4 Å². The van der Waals surface area contributed by atoms with Crippen LogP contribution in [0.15, 0.2) is 71.4 Å². The zero-order valence-corrected chi connectivity index (χ0v) is 15.6. The summed E-state index contributed by atoms with van der Waals surface area (Å²) in [6.45, 7) is 4.58. The molecule has 4 N–H and O–H groups in total. The van der Waals surface area contributed by atoms with Crippen LogP contribution in [0.2, 0.25) is 0 Å². The Balaban J connectivity index is 2.16. The number of rotatable bonds is 8. The molecule has 0 aliphatic carbocycles. The van der Waals surface area contributed by atoms with Crippen molar-refractivity contribution in [3.05, 3.63) is 66.7 Å². The summed E-state index contributed by atoms with van der Waals surface area (Å²) in [6, 6.07) is 11.0. The summed E-state index contributed by atoms with van der Waals surface area (Å²) in [5, 5.41) is 12.8. The van der Waals surface area contributed by atoms with Crippen molar-refractivity contribution in [1.29, 1.82) is 0 Å². The molecule has 0 fully saturated rings. The average molecular weight is 393 g/mol. The lowest BCUT2D eigenvalue weighted by Gasteiger charge is -2.11. The molecule has 1 unspecified atom stereocenters. The fourth-order valence-corrected chi connectivity index (χ4v) is 2.24. The maximum Gasteiger partial charge on any atom is 0.258 e. The number of primary amides is 1. The number of azo groups is 1. The molecule has 0 spiro atoms. The zero-order valence-electron chi connectivity index (χ0n) is 15.6. The largest absolute Gasteiger partial charge is 0.366 e. The van der Waals surface area contributed by atoms with Gasteiger partial charge in [0.05, 0.1) is 5.69 Å². The number of hydrogen-bond donors (Lipinski definition) is 3. The lowest BCUT2D eigenvalue weighted by molar-refractivity contribution is -0.126. The van der Waals surface area contributed by atoms with Crippen molar-refractivity contribution >= 4 is 40.6 Å². The molecule has 29 heavy (non-hydrogen) atoms. The Labute approximate surface area is 166 Å². The molecule has 1 atom stereocenters. The molecule has 2 aromatic rings. The highest BCUT2D eigenvalue weighted by atomic mass is 16.2. The van der Waals surface area contributed by atoms with Gasteiger partial charge >= 0.3 is 0 Å². The number of nitrogens with two attached hydrogens (primary N) is 1. The molecule has 0 bridgehead atoms. The van der Waals surface area contributed by atoms with Crippen molar-refractivity contribution in [2.24, 2.45) is 16.0 Å². The van der Waals surface area contributed by atoms with Gasteiger partial charge in [0.15, 0.2) is 5.78 Å². The third kappa shape index (κ3) is 6.21. The highest BCUT2D eigenvalue weighted by molar-refractivity contribution is 6.10. The van der Waals surface area contributed by atoms with Crippen LogP contribution in [0.1, 0.15) is 17.3 Å². The predicted octanol–water partition coefficient (Wildman–Crippen LogP) is 2.59. The van der Waals surface area contributed by atoms with Crippen molar-refractivity contribution in [1.82, 2.24) is 0 Å². The second-order valence-electron chi connectivity index (χ2n) is 5.91. The minimum absolute atomic E-state index is 0.226. The van der Waals surface area contributed by atoms with Gasteiger partial charge in [-0.1, -0.05) is 18.7 Å². The third-order valence-electron chi connectivity index (χ3n) is 3.64. The summed E-state index contributed by atoms with van der Waals surface area (Å²) >= 11 is 0. The maximum atomic E-state index is 12.5. The second-order valence-corrected chi connectivity index (χ2v) is 5.91. The number of hydrogen-bond acceptors (Lipinski definition) is 6. The van der Waals surface area contributed by atoms with E-state index in [1.165, 1.54) is 25.1 Å². The molecule has 0 saturated heterocycles. The van der Waals surface area contributed by atoms with Gasteiger partial charge in [0.2, 0.25) is 17.9 Å². The second kappa shape index (κ2) is 9.70. The summed E-state index contributed by atoms with van der Waals surface area (Å²) in [6.07, 6.45) is 1.12. The Morgan fingerprint density at radius 3 is 2.31 bits per heavy atom. The molecule has 9 heteroatoms. The average Bonchev–Trinajstić information content (AvgIpc) is 2.68. The number of carbonyl (C=O) groups is 4. The van der Waals surface area contributed by atoms with Crippen LogP contribution in [-0.4, -0.2) is 29.5 Å². The van der Waals surface area contributed by atoms with E-state index >= 15 is 0 Å².